The van der Waals surface area contributed by atoms with E-state index in [1.165, 1.54) is 28.4 Å². The molecule has 3 aromatic carbocycles. The Morgan fingerprint density at radius 3 is 1.85 bits per heavy atom. The van der Waals surface area contributed by atoms with Gasteiger partial charge in [-0.2, -0.15) is 0 Å². The largest absolute Gasteiger partial charge is 0.493 e. The van der Waals surface area contributed by atoms with Crippen LogP contribution in [0, 0.1) is 0 Å². The van der Waals surface area contributed by atoms with Gasteiger partial charge in [0.15, 0.2) is 29.6 Å². The molecule has 178 valence electrons. The maximum Gasteiger partial charge on any atom is 0.262 e. The first-order valence-electron chi connectivity index (χ1n) is 10.3. The van der Waals surface area contributed by atoms with Crippen molar-refractivity contribution in [3.8, 4) is 28.7 Å². The van der Waals surface area contributed by atoms with E-state index in [9.17, 15) is 9.59 Å². The fourth-order valence-corrected chi connectivity index (χ4v) is 3.17. The number of methoxy groups -OCH3 is 4. The molecule has 2 N–H and O–H groups in total. The van der Waals surface area contributed by atoms with Gasteiger partial charge in [0.1, 0.15) is 0 Å². The number of amides is 2. The van der Waals surface area contributed by atoms with Crippen molar-refractivity contribution in [2.75, 3.05) is 45.7 Å². The third-order valence-electron chi connectivity index (χ3n) is 4.76. The first kappa shape index (κ1) is 24.2. The Morgan fingerprint density at radius 2 is 1.26 bits per heavy atom. The fourth-order valence-electron chi connectivity index (χ4n) is 3.17. The Hall–Kier alpha value is -4.40. The van der Waals surface area contributed by atoms with E-state index < -0.39 is 0 Å². The number of hydrogen-bond acceptors (Lipinski definition) is 7. The summed E-state index contributed by atoms with van der Waals surface area (Å²) in [7, 11) is 5.97. The van der Waals surface area contributed by atoms with Gasteiger partial charge in [0.25, 0.3) is 11.8 Å². The van der Waals surface area contributed by atoms with Crippen molar-refractivity contribution in [2.24, 2.45) is 0 Å². The van der Waals surface area contributed by atoms with Crippen LogP contribution in [-0.2, 0) is 4.79 Å². The van der Waals surface area contributed by atoms with Gasteiger partial charge in [-0.3, -0.25) is 9.59 Å². The number of para-hydroxylation sites is 2. The topological polar surface area (TPSA) is 104 Å². The van der Waals surface area contributed by atoms with Crippen molar-refractivity contribution in [1.29, 1.82) is 0 Å². The molecule has 0 aliphatic carbocycles. The molecular weight excluding hydrogens is 440 g/mol. The summed E-state index contributed by atoms with van der Waals surface area (Å²) in [6.07, 6.45) is 0. The fraction of sp³-hybridized carbons (Fsp3) is 0.200. The molecular formula is C25H26N2O7. The standard InChI is InChI=1S/C25H26N2O7/c1-30-19-10-5-6-11-20(19)34-15-23(28)26-17-8-7-9-18(14-17)27-25(29)16-12-21(31-2)24(33-4)22(13-16)32-3/h5-14H,15H2,1-4H3,(H,26,28)(H,27,29). The van der Waals surface area contributed by atoms with Crippen LogP contribution < -0.4 is 34.3 Å². The first-order chi connectivity index (χ1) is 16.5. The van der Waals surface area contributed by atoms with Crippen LogP contribution in [0.25, 0.3) is 0 Å². The molecule has 0 unspecified atom stereocenters. The van der Waals surface area contributed by atoms with E-state index in [4.69, 9.17) is 23.7 Å². The second kappa shape index (κ2) is 11.5. The second-order valence-corrected chi connectivity index (χ2v) is 6.94. The number of carbonyl (C=O) groups excluding carboxylic acids is 2. The summed E-state index contributed by atoms with van der Waals surface area (Å²) in [5, 5.41) is 5.54. The predicted octanol–water partition coefficient (Wildman–Crippen LogP) is 3.99. The van der Waals surface area contributed by atoms with Crippen LogP contribution in [0.15, 0.2) is 60.7 Å². The summed E-state index contributed by atoms with van der Waals surface area (Å²) in [5.74, 6) is 1.37. The van der Waals surface area contributed by atoms with Crippen LogP contribution in [0.3, 0.4) is 0 Å². The minimum atomic E-state index is -0.387. The van der Waals surface area contributed by atoms with Crippen LogP contribution >= 0.6 is 0 Å². The van der Waals surface area contributed by atoms with E-state index in [2.05, 4.69) is 10.6 Å². The lowest BCUT2D eigenvalue weighted by Gasteiger charge is -2.14. The molecule has 0 bridgehead atoms. The van der Waals surface area contributed by atoms with E-state index in [-0.39, 0.29) is 18.4 Å². The molecule has 2 amide bonds. The number of rotatable bonds is 10. The van der Waals surface area contributed by atoms with Gasteiger partial charge in [-0.1, -0.05) is 18.2 Å². The van der Waals surface area contributed by atoms with Gasteiger partial charge in [-0.05, 0) is 42.5 Å². The highest BCUT2D eigenvalue weighted by atomic mass is 16.5. The molecule has 0 saturated carbocycles. The van der Waals surface area contributed by atoms with E-state index in [1.807, 2.05) is 6.07 Å². The smallest absolute Gasteiger partial charge is 0.262 e. The zero-order valence-corrected chi connectivity index (χ0v) is 19.3. The number of anilines is 2. The van der Waals surface area contributed by atoms with Crippen molar-refractivity contribution in [3.05, 3.63) is 66.2 Å². The van der Waals surface area contributed by atoms with Crippen molar-refractivity contribution in [1.82, 2.24) is 0 Å². The highest BCUT2D eigenvalue weighted by Crippen LogP contribution is 2.38. The highest BCUT2D eigenvalue weighted by Gasteiger charge is 2.17. The van der Waals surface area contributed by atoms with Gasteiger partial charge in [0, 0.05) is 16.9 Å². The molecule has 0 radical (unpaired) electrons. The third-order valence-corrected chi connectivity index (χ3v) is 4.76. The minimum absolute atomic E-state index is 0.206. The monoisotopic (exact) mass is 466 g/mol. The van der Waals surface area contributed by atoms with Gasteiger partial charge >= 0.3 is 0 Å². The summed E-state index contributed by atoms with van der Waals surface area (Å²) in [6, 6.07) is 16.9. The molecule has 3 aromatic rings. The molecule has 0 heterocycles. The van der Waals surface area contributed by atoms with Crippen LogP contribution in [0.4, 0.5) is 11.4 Å². The molecule has 0 spiro atoms. The number of benzene rings is 3. The van der Waals surface area contributed by atoms with Crippen molar-refractivity contribution in [3.63, 3.8) is 0 Å². The average molecular weight is 466 g/mol. The highest BCUT2D eigenvalue weighted by molar-refractivity contribution is 6.05. The van der Waals surface area contributed by atoms with Gasteiger partial charge in [0.05, 0.1) is 28.4 Å². The molecule has 0 aromatic heterocycles. The number of hydrogen-bond donors (Lipinski definition) is 2. The summed E-state index contributed by atoms with van der Waals surface area (Å²) in [6.45, 7) is -0.206. The van der Waals surface area contributed by atoms with E-state index >= 15 is 0 Å². The lowest BCUT2D eigenvalue weighted by Crippen LogP contribution is -2.20. The number of nitrogens with one attached hydrogen (secondary N) is 2. The van der Waals surface area contributed by atoms with Crippen LogP contribution in [0.2, 0.25) is 0 Å². The Bertz CT molecular complexity index is 1140. The lowest BCUT2D eigenvalue weighted by molar-refractivity contribution is -0.118. The van der Waals surface area contributed by atoms with Gasteiger partial charge < -0.3 is 34.3 Å². The molecule has 0 saturated heterocycles. The molecule has 9 nitrogen and oxygen atoms in total. The molecule has 0 atom stereocenters. The molecule has 3 rings (SSSR count). The normalized spacial score (nSPS) is 10.1. The second-order valence-electron chi connectivity index (χ2n) is 6.94. The maximum atomic E-state index is 12.8. The van der Waals surface area contributed by atoms with E-state index in [1.54, 1.807) is 54.6 Å². The van der Waals surface area contributed by atoms with Gasteiger partial charge in [0.2, 0.25) is 5.75 Å². The van der Waals surface area contributed by atoms with Gasteiger partial charge in [-0.15, -0.1) is 0 Å². The summed E-state index contributed by atoms with van der Waals surface area (Å²) >= 11 is 0. The minimum Gasteiger partial charge on any atom is -0.493 e. The Labute approximate surface area is 197 Å². The molecule has 0 fully saturated rings. The molecule has 0 aliphatic rings. The van der Waals surface area contributed by atoms with Gasteiger partial charge in [-0.25, -0.2) is 0 Å². The summed E-state index contributed by atoms with van der Waals surface area (Å²) in [5.41, 5.74) is 1.30. The predicted molar refractivity (Wildman–Crippen MR) is 128 cm³/mol. The van der Waals surface area contributed by atoms with Crippen molar-refractivity contribution >= 4 is 23.2 Å². The Kier molecular flexibility index (Phi) is 8.17. The maximum absolute atomic E-state index is 12.8. The van der Waals surface area contributed by atoms with Crippen LogP contribution in [0.5, 0.6) is 28.7 Å². The zero-order valence-electron chi connectivity index (χ0n) is 19.3. The zero-order chi connectivity index (χ0) is 24.5. The lowest BCUT2D eigenvalue weighted by atomic mass is 10.1. The first-order valence-corrected chi connectivity index (χ1v) is 10.3. The number of ether oxygens (including phenoxy) is 5. The van der Waals surface area contributed by atoms with Crippen LogP contribution in [-0.4, -0.2) is 46.9 Å². The molecule has 34 heavy (non-hydrogen) atoms. The molecule has 9 heteroatoms. The van der Waals surface area contributed by atoms with E-state index in [0.29, 0.717) is 45.7 Å². The SMILES string of the molecule is COc1ccccc1OCC(=O)Nc1cccc(NC(=O)c2cc(OC)c(OC)c(OC)c2)c1. The van der Waals surface area contributed by atoms with E-state index in [0.717, 1.165) is 0 Å². The van der Waals surface area contributed by atoms with Crippen molar-refractivity contribution < 1.29 is 33.3 Å². The Morgan fingerprint density at radius 1 is 0.676 bits per heavy atom. The van der Waals surface area contributed by atoms with Crippen LogP contribution in [0.1, 0.15) is 10.4 Å². The average Bonchev–Trinajstić information content (AvgIpc) is 2.86. The number of carbonyl (C=O) groups is 2. The van der Waals surface area contributed by atoms with Crippen molar-refractivity contribution in [2.45, 2.75) is 0 Å². The summed E-state index contributed by atoms with van der Waals surface area (Å²) < 4.78 is 26.6. The third kappa shape index (κ3) is 5.89. The quantitative estimate of drug-likeness (QED) is 0.466. The summed E-state index contributed by atoms with van der Waals surface area (Å²) in [4.78, 5) is 25.2. The Balaban J connectivity index is 1.66. The molecule has 0 aliphatic heterocycles.